The molecule has 2 nitrogen and oxygen atoms in total. The second-order valence-electron chi connectivity index (χ2n) is 8.43. The van der Waals surface area contributed by atoms with Gasteiger partial charge in [0.25, 0.3) is 0 Å². The summed E-state index contributed by atoms with van der Waals surface area (Å²) in [7, 11) is 0. The lowest BCUT2D eigenvalue weighted by atomic mass is 9.78. The van der Waals surface area contributed by atoms with Crippen LogP contribution in [-0.2, 0) is 11.2 Å². The normalized spacial score (nSPS) is 19.8. The number of hydrogen-bond donors (Lipinski definition) is 0. The number of rotatable bonds is 12. The van der Waals surface area contributed by atoms with Crippen molar-refractivity contribution in [2.45, 2.75) is 97.3 Å². The summed E-state index contributed by atoms with van der Waals surface area (Å²) >= 11 is 0. The molecule has 150 valence electrons. The minimum atomic E-state index is 0.0877. The van der Waals surface area contributed by atoms with Gasteiger partial charge >= 0.3 is 0 Å². The first kappa shape index (κ1) is 21.9. The van der Waals surface area contributed by atoms with Crippen LogP contribution in [0.1, 0.15) is 107 Å². The van der Waals surface area contributed by atoms with E-state index in [4.69, 9.17) is 0 Å². The monoisotopic (exact) mass is 370 g/mol. The first-order chi connectivity index (χ1) is 13.1. The van der Waals surface area contributed by atoms with Crippen LogP contribution in [0, 0.1) is 11.8 Å². The summed E-state index contributed by atoms with van der Waals surface area (Å²) in [5, 5.41) is 0. The van der Waals surface area contributed by atoms with Gasteiger partial charge in [0.05, 0.1) is 0 Å². The van der Waals surface area contributed by atoms with Crippen LogP contribution in [0.2, 0.25) is 0 Å². The molecule has 0 bridgehead atoms. The third-order valence-electron chi connectivity index (χ3n) is 6.32. The summed E-state index contributed by atoms with van der Waals surface area (Å²) in [5.41, 5.74) is 2.08. The SMILES string of the molecule is CCCCC[C@H]1CC[C@H](CCc2ccc(C(=O)CCC(=O)CC)cc2)CC1. The molecule has 1 fully saturated rings. The number of unbranched alkanes of at least 4 members (excludes halogenated alkanes) is 2. The number of aryl methyl sites for hydroxylation is 1. The summed E-state index contributed by atoms with van der Waals surface area (Å²) in [4.78, 5) is 23.5. The third-order valence-corrected chi connectivity index (χ3v) is 6.32. The lowest BCUT2D eigenvalue weighted by Crippen LogP contribution is -2.15. The van der Waals surface area contributed by atoms with E-state index in [2.05, 4.69) is 19.1 Å². The third kappa shape index (κ3) is 7.99. The molecule has 0 radical (unpaired) electrons. The molecule has 0 atom stereocenters. The molecular weight excluding hydrogens is 332 g/mol. The van der Waals surface area contributed by atoms with Crippen molar-refractivity contribution in [2.24, 2.45) is 11.8 Å². The first-order valence-corrected chi connectivity index (χ1v) is 11.3. The Kier molecular flexibility index (Phi) is 9.80. The van der Waals surface area contributed by atoms with Crippen LogP contribution in [-0.4, -0.2) is 11.6 Å². The Balaban J connectivity index is 1.68. The van der Waals surface area contributed by atoms with Crippen molar-refractivity contribution in [1.82, 2.24) is 0 Å². The Morgan fingerprint density at radius 1 is 0.852 bits per heavy atom. The largest absolute Gasteiger partial charge is 0.300 e. The molecule has 2 heteroatoms. The summed E-state index contributed by atoms with van der Waals surface area (Å²) in [6, 6.07) is 8.09. The molecule has 1 aromatic rings. The second-order valence-corrected chi connectivity index (χ2v) is 8.43. The number of Topliss-reactive ketones (excluding diaryl/α,β-unsaturated/α-hetero) is 2. The topological polar surface area (TPSA) is 34.1 Å². The van der Waals surface area contributed by atoms with E-state index in [-0.39, 0.29) is 11.6 Å². The molecule has 27 heavy (non-hydrogen) atoms. The van der Waals surface area contributed by atoms with Crippen LogP contribution >= 0.6 is 0 Å². The minimum Gasteiger partial charge on any atom is -0.300 e. The Bertz CT molecular complexity index is 564. The molecule has 1 aromatic carbocycles. The van der Waals surface area contributed by atoms with E-state index in [1.807, 2.05) is 19.1 Å². The Morgan fingerprint density at radius 3 is 2.07 bits per heavy atom. The van der Waals surface area contributed by atoms with Crippen molar-refractivity contribution in [3.8, 4) is 0 Å². The van der Waals surface area contributed by atoms with E-state index < -0.39 is 0 Å². The van der Waals surface area contributed by atoms with Crippen molar-refractivity contribution in [3.63, 3.8) is 0 Å². The smallest absolute Gasteiger partial charge is 0.163 e. The molecule has 0 saturated heterocycles. The molecule has 1 aliphatic carbocycles. The highest BCUT2D eigenvalue weighted by atomic mass is 16.1. The zero-order chi connectivity index (χ0) is 19.5. The maximum Gasteiger partial charge on any atom is 0.163 e. The minimum absolute atomic E-state index is 0.0877. The zero-order valence-electron chi connectivity index (χ0n) is 17.5. The average molecular weight is 371 g/mol. The molecule has 2 rings (SSSR count). The van der Waals surface area contributed by atoms with Gasteiger partial charge < -0.3 is 0 Å². The Hall–Kier alpha value is -1.44. The van der Waals surface area contributed by atoms with Crippen LogP contribution in [0.25, 0.3) is 0 Å². The predicted octanol–water partition coefficient (Wildman–Crippen LogP) is 6.95. The maximum absolute atomic E-state index is 12.2. The Labute approximate surface area is 166 Å². The standard InChI is InChI=1S/C25H38O2/c1-3-5-6-7-20-8-10-21(11-9-20)12-13-22-14-16-23(17-15-22)25(27)19-18-24(26)4-2/h14-17,20-21H,3-13,18-19H2,1-2H3/t20-,21-. The second kappa shape index (κ2) is 12.1. The number of ketones is 2. The van der Waals surface area contributed by atoms with Gasteiger partial charge in [-0.05, 0) is 30.2 Å². The summed E-state index contributed by atoms with van der Waals surface area (Å²) < 4.78 is 0. The van der Waals surface area contributed by atoms with Crippen LogP contribution in [0.5, 0.6) is 0 Å². The van der Waals surface area contributed by atoms with Crippen molar-refractivity contribution in [3.05, 3.63) is 35.4 Å². The fourth-order valence-electron chi connectivity index (χ4n) is 4.29. The van der Waals surface area contributed by atoms with E-state index >= 15 is 0 Å². The number of hydrogen-bond acceptors (Lipinski definition) is 2. The average Bonchev–Trinajstić information content (AvgIpc) is 2.71. The van der Waals surface area contributed by atoms with Gasteiger partial charge in [0.2, 0.25) is 0 Å². The lowest BCUT2D eigenvalue weighted by Gasteiger charge is -2.28. The highest BCUT2D eigenvalue weighted by molar-refractivity contribution is 5.98. The number of benzene rings is 1. The van der Waals surface area contributed by atoms with Gasteiger partial charge in [-0.15, -0.1) is 0 Å². The molecule has 0 heterocycles. The van der Waals surface area contributed by atoms with Gasteiger partial charge in [0.1, 0.15) is 5.78 Å². The molecule has 0 spiro atoms. The Morgan fingerprint density at radius 2 is 1.48 bits per heavy atom. The van der Waals surface area contributed by atoms with Gasteiger partial charge in [-0.1, -0.05) is 89.5 Å². The van der Waals surface area contributed by atoms with Crippen LogP contribution in [0.15, 0.2) is 24.3 Å². The molecule has 0 unspecified atom stereocenters. The summed E-state index contributed by atoms with van der Waals surface area (Å²) in [6.45, 7) is 4.13. The van der Waals surface area contributed by atoms with E-state index in [0.717, 1.165) is 23.8 Å². The van der Waals surface area contributed by atoms with E-state index in [1.54, 1.807) is 0 Å². The summed E-state index contributed by atoms with van der Waals surface area (Å²) in [5.74, 6) is 2.12. The van der Waals surface area contributed by atoms with Crippen molar-refractivity contribution in [1.29, 1.82) is 0 Å². The fourth-order valence-corrected chi connectivity index (χ4v) is 4.29. The van der Waals surface area contributed by atoms with Crippen LogP contribution < -0.4 is 0 Å². The number of carbonyl (C=O) groups excluding carboxylic acids is 2. The highest BCUT2D eigenvalue weighted by Gasteiger charge is 2.20. The van der Waals surface area contributed by atoms with Crippen molar-refractivity contribution >= 4 is 11.6 Å². The van der Waals surface area contributed by atoms with Gasteiger partial charge in [0, 0.05) is 24.8 Å². The van der Waals surface area contributed by atoms with E-state index in [9.17, 15) is 9.59 Å². The first-order valence-electron chi connectivity index (χ1n) is 11.3. The van der Waals surface area contributed by atoms with Gasteiger partial charge in [-0.25, -0.2) is 0 Å². The van der Waals surface area contributed by atoms with Crippen LogP contribution in [0.3, 0.4) is 0 Å². The van der Waals surface area contributed by atoms with Crippen molar-refractivity contribution in [2.75, 3.05) is 0 Å². The molecule has 1 saturated carbocycles. The fraction of sp³-hybridized carbons (Fsp3) is 0.680. The molecular formula is C25H38O2. The zero-order valence-corrected chi connectivity index (χ0v) is 17.5. The van der Waals surface area contributed by atoms with Gasteiger partial charge in [-0.3, -0.25) is 9.59 Å². The van der Waals surface area contributed by atoms with E-state index in [0.29, 0.717) is 19.3 Å². The highest BCUT2D eigenvalue weighted by Crippen LogP contribution is 2.34. The lowest BCUT2D eigenvalue weighted by molar-refractivity contribution is -0.118. The molecule has 0 aromatic heterocycles. The van der Waals surface area contributed by atoms with Gasteiger partial charge in [0.15, 0.2) is 5.78 Å². The maximum atomic E-state index is 12.2. The predicted molar refractivity (Wildman–Crippen MR) is 113 cm³/mol. The quantitative estimate of drug-likeness (QED) is 0.295. The summed E-state index contributed by atoms with van der Waals surface area (Å²) in [6.07, 6.45) is 14.9. The molecule has 0 N–H and O–H groups in total. The van der Waals surface area contributed by atoms with Crippen molar-refractivity contribution < 1.29 is 9.59 Å². The van der Waals surface area contributed by atoms with Crippen LogP contribution in [0.4, 0.5) is 0 Å². The molecule has 0 aliphatic heterocycles. The van der Waals surface area contributed by atoms with Gasteiger partial charge in [-0.2, -0.15) is 0 Å². The molecule has 1 aliphatic rings. The van der Waals surface area contributed by atoms with E-state index in [1.165, 1.54) is 63.4 Å². The number of carbonyl (C=O) groups is 2. The molecule has 0 amide bonds.